The van der Waals surface area contributed by atoms with Crippen LogP contribution in [0.2, 0.25) is 0 Å². The van der Waals surface area contributed by atoms with Gasteiger partial charge in [-0.1, -0.05) is 328 Å². The lowest BCUT2D eigenvalue weighted by Crippen LogP contribution is -2.45. The van der Waals surface area contributed by atoms with Crippen molar-refractivity contribution in [2.45, 2.75) is 373 Å². The molecule has 2 unspecified atom stereocenters. The molecule has 0 aromatic carbocycles. The van der Waals surface area contributed by atoms with Crippen molar-refractivity contribution in [1.29, 1.82) is 0 Å². The molecule has 0 aromatic rings. The monoisotopic (exact) mass is 988 g/mol. The number of amides is 1. The highest BCUT2D eigenvalue weighted by Crippen LogP contribution is 2.18. The minimum absolute atomic E-state index is 0.000902. The molecule has 0 aliphatic heterocycles. The van der Waals surface area contributed by atoms with E-state index in [9.17, 15) is 19.8 Å². The number of hydrogen-bond donors (Lipinski definition) is 3. The van der Waals surface area contributed by atoms with Crippen molar-refractivity contribution in [2.75, 3.05) is 13.2 Å². The molecule has 0 aliphatic carbocycles. The SMILES string of the molecule is CCCCCCCCCCCCCCCCCCCCC/C=C/C(O)C(CO)NC(=O)CCCCCCCCCCCCCCCOC(=O)CCCCCCCCCCCCCCCCCCCCC. The van der Waals surface area contributed by atoms with Gasteiger partial charge in [-0.15, -0.1) is 0 Å². The smallest absolute Gasteiger partial charge is 0.305 e. The van der Waals surface area contributed by atoms with Crippen molar-refractivity contribution in [3.63, 3.8) is 0 Å². The third-order valence-electron chi connectivity index (χ3n) is 15.1. The van der Waals surface area contributed by atoms with E-state index in [1.165, 1.54) is 276 Å². The van der Waals surface area contributed by atoms with Gasteiger partial charge in [0, 0.05) is 12.8 Å². The van der Waals surface area contributed by atoms with Gasteiger partial charge in [0.25, 0.3) is 0 Å². The summed E-state index contributed by atoms with van der Waals surface area (Å²) >= 11 is 0. The zero-order chi connectivity index (χ0) is 50.7. The van der Waals surface area contributed by atoms with Crippen molar-refractivity contribution < 1.29 is 24.5 Å². The lowest BCUT2D eigenvalue weighted by molar-refractivity contribution is -0.143. The molecule has 6 heteroatoms. The Balaban J connectivity index is 3.44. The van der Waals surface area contributed by atoms with Crippen LogP contribution >= 0.6 is 0 Å². The van der Waals surface area contributed by atoms with E-state index < -0.39 is 12.1 Å². The number of unbranched alkanes of at least 4 members (excludes halogenated alkanes) is 49. The van der Waals surface area contributed by atoms with Gasteiger partial charge >= 0.3 is 5.97 Å². The number of esters is 1. The summed E-state index contributed by atoms with van der Waals surface area (Å²) in [7, 11) is 0. The predicted molar refractivity (Wildman–Crippen MR) is 306 cm³/mol. The predicted octanol–water partition coefficient (Wildman–Crippen LogP) is 20.0. The van der Waals surface area contributed by atoms with Gasteiger partial charge < -0.3 is 20.3 Å². The van der Waals surface area contributed by atoms with E-state index in [2.05, 4.69) is 19.2 Å². The van der Waals surface area contributed by atoms with E-state index in [0.717, 1.165) is 57.8 Å². The van der Waals surface area contributed by atoms with E-state index >= 15 is 0 Å². The Morgan fingerprint density at radius 3 is 0.971 bits per heavy atom. The third kappa shape index (κ3) is 55.9. The summed E-state index contributed by atoms with van der Waals surface area (Å²) in [6.07, 6.45) is 72.5. The van der Waals surface area contributed by atoms with Crippen LogP contribution in [0.25, 0.3) is 0 Å². The number of allylic oxidation sites excluding steroid dienone is 1. The normalized spacial score (nSPS) is 12.6. The molecule has 0 aliphatic rings. The van der Waals surface area contributed by atoms with E-state index in [-0.39, 0.29) is 18.5 Å². The minimum Gasteiger partial charge on any atom is -0.466 e. The molecule has 2 atom stereocenters. The first kappa shape index (κ1) is 68.6. The molecule has 0 fully saturated rings. The molecule has 1 amide bonds. The van der Waals surface area contributed by atoms with Crippen LogP contribution in [0, 0.1) is 0 Å². The number of rotatable bonds is 60. The van der Waals surface area contributed by atoms with Crippen molar-refractivity contribution in [3.8, 4) is 0 Å². The maximum atomic E-state index is 12.5. The van der Waals surface area contributed by atoms with Gasteiger partial charge in [-0.25, -0.2) is 0 Å². The summed E-state index contributed by atoms with van der Waals surface area (Å²) in [5.41, 5.74) is 0. The summed E-state index contributed by atoms with van der Waals surface area (Å²) < 4.78 is 5.49. The third-order valence-corrected chi connectivity index (χ3v) is 15.1. The van der Waals surface area contributed by atoms with Crippen molar-refractivity contribution in [1.82, 2.24) is 5.32 Å². The first-order valence-corrected chi connectivity index (χ1v) is 32.0. The van der Waals surface area contributed by atoms with Crippen LogP contribution in [-0.2, 0) is 14.3 Å². The molecule has 416 valence electrons. The van der Waals surface area contributed by atoms with Crippen LogP contribution < -0.4 is 5.32 Å². The van der Waals surface area contributed by atoms with E-state index in [1.54, 1.807) is 6.08 Å². The van der Waals surface area contributed by atoms with E-state index in [0.29, 0.717) is 19.4 Å². The molecule has 0 spiro atoms. The molecule has 0 saturated heterocycles. The quantitative estimate of drug-likeness (QED) is 0.0321. The highest BCUT2D eigenvalue weighted by Gasteiger charge is 2.18. The van der Waals surface area contributed by atoms with Gasteiger partial charge in [0.05, 0.1) is 25.4 Å². The van der Waals surface area contributed by atoms with Gasteiger partial charge in [-0.2, -0.15) is 0 Å². The van der Waals surface area contributed by atoms with Crippen molar-refractivity contribution in [3.05, 3.63) is 12.2 Å². The Morgan fingerprint density at radius 2 is 0.657 bits per heavy atom. The summed E-state index contributed by atoms with van der Waals surface area (Å²) in [6.45, 7) is 4.92. The first-order chi connectivity index (χ1) is 34.5. The molecule has 0 bridgehead atoms. The number of carbonyl (C=O) groups is 2. The molecule has 0 radical (unpaired) electrons. The lowest BCUT2D eigenvalue weighted by atomic mass is 10.0. The fourth-order valence-electron chi connectivity index (χ4n) is 10.2. The highest BCUT2D eigenvalue weighted by atomic mass is 16.5. The van der Waals surface area contributed by atoms with Crippen molar-refractivity contribution >= 4 is 11.9 Å². The second-order valence-electron chi connectivity index (χ2n) is 22.1. The zero-order valence-corrected chi connectivity index (χ0v) is 47.5. The summed E-state index contributed by atoms with van der Waals surface area (Å²) in [5, 5.41) is 23.2. The summed E-state index contributed by atoms with van der Waals surface area (Å²) in [5.74, 6) is -0.0773. The van der Waals surface area contributed by atoms with Crippen LogP contribution in [0.3, 0.4) is 0 Å². The van der Waals surface area contributed by atoms with Gasteiger partial charge in [0.1, 0.15) is 0 Å². The molecule has 70 heavy (non-hydrogen) atoms. The molecule has 0 heterocycles. The average molecular weight is 989 g/mol. The largest absolute Gasteiger partial charge is 0.466 e. The summed E-state index contributed by atoms with van der Waals surface area (Å²) in [4.78, 5) is 24.6. The second kappa shape index (κ2) is 60.2. The fourth-order valence-corrected chi connectivity index (χ4v) is 10.2. The number of hydrogen-bond acceptors (Lipinski definition) is 5. The molecule has 3 N–H and O–H groups in total. The van der Waals surface area contributed by atoms with Crippen LogP contribution in [0.5, 0.6) is 0 Å². The lowest BCUT2D eigenvalue weighted by Gasteiger charge is -2.20. The van der Waals surface area contributed by atoms with Crippen LogP contribution in [0.1, 0.15) is 361 Å². The molecule has 0 aromatic heterocycles. The van der Waals surface area contributed by atoms with Crippen LogP contribution in [0.4, 0.5) is 0 Å². The first-order valence-electron chi connectivity index (χ1n) is 32.0. The average Bonchev–Trinajstić information content (AvgIpc) is 3.36. The van der Waals surface area contributed by atoms with Crippen molar-refractivity contribution in [2.24, 2.45) is 0 Å². The number of aliphatic hydroxyl groups excluding tert-OH is 2. The van der Waals surface area contributed by atoms with E-state index in [1.807, 2.05) is 6.08 Å². The van der Waals surface area contributed by atoms with Crippen LogP contribution in [-0.4, -0.2) is 47.4 Å². The van der Waals surface area contributed by atoms with Crippen LogP contribution in [0.15, 0.2) is 12.2 Å². The van der Waals surface area contributed by atoms with Gasteiger partial charge in [-0.05, 0) is 32.1 Å². The van der Waals surface area contributed by atoms with Gasteiger partial charge in [-0.3, -0.25) is 9.59 Å². The molecule has 0 saturated carbocycles. The maximum Gasteiger partial charge on any atom is 0.305 e. The molecular weight excluding hydrogens is 863 g/mol. The highest BCUT2D eigenvalue weighted by molar-refractivity contribution is 5.76. The Bertz CT molecular complexity index is 1050. The number of ether oxygens (including phenoxy) is 1. The second-order valence-corrected chi connectivity index (χ2v) is 22.1. The Morgan fingerprint density at radius 1 is 0.386 bits per heavy atom. The topological polar surface area (TPSA) is 95.9 Å². The molecule has 6 nitrogen and oxygen atoms in total. The minimum atomic E-state index is -0.853. The maximum absolute atomic E-state index is 12.5. The van der Waals surface area contributed by atoms with E-state index in [4.69, 9.17) is 4.74 Å². The number of nitrogens with one attached hydrogen (secondary N) is 1. The Hall–Kier alpha value is -1.40. The van der Waals surface area contributed by atoms with Gasteiger partial charge in [0.15, 0.2) is 0 Å². The number of aliphatic hydroxyl groups is 2. The molecular formula is C64H125NO5. The standard InChI is InChI=1S/C64H125NO5/c1-3-5-7-9-11-13-15-17-19-21-23-24-26-27-29-32-36-40-44-48-52-56-62(67)61(60-66)65-63(68)57-53-49-45-41-37-33-31-35-39-43-47-51-55-59-70-64(69)58-54-50-46-42-38-34-30-28-25-22-20-18-16-14-12-10-8-6-4-2/h52,56,61-62,66-67H,3-51,53-55,57-60H2,1-2H3,(H,65,68)/b56-52+. The fraction of sp³-hybridized carbons (Fsp3) is 0.938. The Kier molecular flexibility index (Phi) is 59.0. The summed E-state index contributed by atoms with van der Waals surface area (Å²) in [6, 6.07) is -0.638. The molecule has 0 rings (SSSR count). The Labute approximate surface area is 438 Å². The van der Waals surface area contributed by atoms with Gasteiger partial charge in [0.2, 0.25) is 5.91 Å². The number of carbonyl (C=O) groups excluding carboxylic acids is 2. The zero-order valence-electron chi connectivity index (χ0n) is 47.5.